The summed E-state index contributed by atoms with van der Waals surface area (Å²) in [6, 6.07) is 2.18. The fraction of sp³-hybridized carbons (Fsp3) is 0.733. The zero-order valence-electron chi connectivity index (χ0n) is 12.4. The van der Waals surface area contributed by atoms with Crippen molar-refractivity contribution >= 4 is 11.7 Å². The fourth-order valence-electron chi connectivity index (χ4n) is 3.25. The molecule has 1 atom stereocenters. The molecular weight excluding hydrogens is 268 g/mol. The van der Waals surface area contributed by atoms with Gasteiger partial charge in [0.15, 0.2) is 0 Å². The van der Waals surface area contributed by atoms with Gasteiger partial charge in [0.2, 0.25) is 5.91 Å². The molecule has 0 aromatic carbocycles. The number of carbonyl (C=O) groups is 1. The minimum absolute atomic E-state index is 0.268. The molecule has 3 rings (SSSR count). The van der Waals surface area contributed by atoms with Crippen molar-refractivity contribution in [3.63, 3.8) is 0 Å². The van der Waals surface area contributed by atoms with E-state index in [1.165, 1.54) is 0 Å². The van der Waals surface area contributed by atoms with E-state index in [9.17, 15) is 4.79 Å². The Labute approximate surface area is 125 Å². The van der Waals surface area contributed by atoms with Gasteiger partial charge in [0.25, 0.3) is 0 Å². The smallest absolute Gasteiger partial charge is 0.222 e. The van der Waals surface area contributed by atoms with E-state index in [1.54, 1.807) is 0 Å². The number of nitrogen functional groups attached to an aromatic ring is 1. The molecule has 1 aromatic rings. The summed E-state index contributed by atoms with van der Waals surface area (Å²) in [7, 11) is 0. The number of amides is 1. The molecular formula is C15H24N4O2. The van der Waals surface area contributed by atoms with Gasteiger partial charge in [-0.1, -0.05) is 0 Å². The highest BCUT2D eigenvalue weighted by atomic mass is 16.5. The molecule has 0 radical (unpaired) electrons. The van der Waals surface area contributed by atoms with Crippen LogP contribution in [0.1, 0.15) is 44.6 Å². The molecule has 21 heavy (non-hydrogen) atoms. The predicted molar refractivity (Wildman–Crippen MR) is 79.7 cm³/mol. The Balaban J connectivity index is 1.43. The average Bonchev–Trinajstić information content (AvgIpc) is 3.16. The standard InChI is InChI=1S/C15H24N4O2/c16-14-7-10-19(17-14)12-5-8-18(9-6-12)15(20)4-3-13-2-1-11-21-13/h7,10,12-13H,1-6,8-9,11H2,(H2,16,17). The third-order valence-corrected chi connectivity index (χ3v) is 4.52. The van der Waals surface area contributed by atoms with E-state index >= 15 is 0 Å². The van der Waals surface area contributed by atoms with Gasteiger partial charge in [-0.15, -0.1) is 0 Å². The number of nitrogens with zero attached hydrogens (tertiary/aromatic N) is 3. The van der Waals surface area contributed by atoms with Gasteiger partial charge in [-0.2, -0.15) is 5.10 Å². The summed E-state index contributed by atoms with van der Waals surface area (Å²) in [6.45, 7) is 2.49. The second kappa shape index (κ2) is 6.47. The van der Waals surface area contributed by atoms with E-state index in [-0.39, 0.29) is 5.91 Å². The minimum atomic E-state index is 0.268. The average molecular weight is 292 g/mol. The maximum atomic E-state index is 12.2. The molecule has 6 heteroatoms. The molecule has 0 aliphatic carbocycles. The second-order valence-corrected chi connectivity index (χ2v) is 6.01. The Morgan fingerprint density at radius 1 is 1.38 bits per heavy atom. The maximum Gasteiger partial charge on any atom is 0.222 e. The van der Waals surface area contributed by atoms with Crippen LogP contribution < -0.4 is 5.73 Å². The van der Waals surface area contributed by atoms with Crippen LogP contribution in [0, 0.1) is 0 Å². The normalized spacial score (nSPS) is 23.6. The summed E-state index contributed by atoms with van der Waals surface area (Å²) in [4.78, 5) is 14.2. The lowest BCUT2D eigenvalue weighted by molar-refractivity contribution is -0.133. The van der Waals surface area contributed by atoms with E-state index in [4.69, 9.17) is 10.5 Å². The number of ether oxygens (including phenoxy) is 1. The lowest BCUT2D eigenvalue weighted by atomic mass is 10.0. The van der Waals surface area contributed by atoms with Gasteiger partial charge < -0.3 is 15.4 Å². The summed E-state index contributed by atoms with van der Waals surface area (Å²) in [6.07, 6.45) is 7.86. The van der Waals surface area contributed by atoms with Crippen LogP contribution >= 0.6 is 0 Å². The molecule has 1 unspecified atom stereocenters. The highest BCUT2D eigenvalue weighted by molar-refractivity contribution is 5.76. The third kappa shape index (κ3) is 3.56. The molecule has 0 bridgehead atoms. The number of rotatable bonds is 4. The maximum absolute atomic E-state index is 12.2. The lowest BCUT2D eigenvalue weighted by Crippen LogP contribution is -2.39. The first kappa shape index (κ1) is 14.4. The Kier molecular flexibility index (Phi) is 4.43. The molecule has 2 saturated heterocycles. The van der Waals surface area contributed by atoms with Gasteiger partial charge in [-0.05, 0) is 38.2 Å². The number of piperidine rings is 1. The molecule has 2 aliphatic rings. The zero-order valence-corrected chi connectivity index (χ0v) is 12.4. The molecule has 6 nitrogen and oxygen atoms in total. The Bertz CT molecular complexity index is 474. The van der Waals surface area contributed by atoms with Crippen molar-refractivity contribution in [3.8, 4) is 0 Å². The number of anilines is 1. The first-order chi connectivity index (χ1) is 10.2. The van der Waals surface area contributed by atoms with Gasteiger partial charge in [-0.3, -0.25) is 9.48 Å². The number of hydrogen-bond donors (Lipinski definition) is 1. The quantitative estimate of drug-likeness (QED) is 0.914. The molecule has 1 aromatic heterocycles. The van der Waals surface area contributed by atoms with E-state index < -0.39 is 0 Å². The second-order valence-electron chi connectivity index (χ2n) is 6.01. The molecule has 2 aliphatic heterocycles. The molecule has 1 amide bonds. The van der Waals surface area contributed by atoms with Crippen molar-refractivity contribution in [2.24, 2.45) is 0 Å². The van der Waals surface area contributed by atoms with Crippen molar-refractivity contribution < 1.29 is 9.53 Å². The first-order valence-corrected chi connectivity index (χ1v) is 7.92. The van der Waals surface area contributed by atoms with Gasteiger partial charge >= 0.3 is 0 Å². The van der Waals surface area contributed by atoms with Crippen LogP contribution in [0.2, 0.25) is 0 Å². The fourth-order valence-corrected chi connectivity index (χ4v) is 3.25. The van der Waals surface area contributed by atoms with E-state index in [0.29, 0.717) is 24.4 Å². The van der Waals surface area contributed by atoms with Gasteiger partial charge in [0.05, 0.1) is 12.1 Å². The lowest BCUT2D eigenvalue weighted by Gasteiger charge is -2.32. The number of hydrogen-bond acceptors (Lipinski definition) is 4. The highest BCUT2D eigenvalue weighted by Gasteiger charge is 2.25. The van der Waals surface area contributed by atoms with E-state index in [1.807, 2.05) is 21.8 Å². The Morgan fingerprint density at radius 3 is 2.81 bits per heavy atom. The van der Waals surface area contributed by atoms with Crippen LogP contribution in [0.25, 0.3) is 0 Å². The number of likely N-dealkylation sites (tertiary alicyclic amines) is 1. The van der Waals surface area contributed by atoms with Gasteiger partial charge in [0.1, 0.15) is 5.82 Å². The number of aromatic nitrogens is 2. The summed E-state index contributed by atoms with van der Waals surface area (Å²) in [5, 5.41) is 4.27. The van der Waals surface area contributed by atoms with E-state index in [0.717, 1.165) is 51.8 Å². The number of nitrogens with two attached hydrogens (primary N) is 1. The SMILES string of the molecule is Nc1ccn(C2CCN(C(=O)CCC3CCCO3)CC2)n1. The Morgan fingerprint density at radius 2 is 2.19 bits per heavy atom. The molecule has 0 spiro atoms. The monoisotopic (exact) mass is 292 g/mol. The van der Waals surface area contributed by atoms with Crippen molar-refractivity contribution in [2.75, 3.05) is 25.4 Å². The van der Waals surface area contributed by atoms with Crippen molar-refractivity contribution in [1.29, 1.82) is 0 Å². The van der Waals surface area contributed by atoms with Crippen LogP contribution in [-0.4, -0.2) is 46.4 Å². The van der Waals surface area contributed by atoms with Crippen LogP contribution in [0.3, 0.4) is 0 Å². The topological polar surface area (TPSA) is 73.4 Å². The van der Waals surface area contributed by atoms with Crippen LogP contribution in [0.5, 0.6) is 0 Å². The van der Waals surface area contributed by atoms with Crippen molar-refractivity contribution in [3.05, 3.63) is 12.3 Å². The predicted octanol–water partition coefficient (Wildman–Crippen LogP) is 1.59. The molecule has 116 valence electrons. The molecule has 3 heterocycles. The number of carbonyl (C=O) groups excluding carboxylic acids is 1. The van der Waals surface area contributed by atoms with Crippen LogP contribution in [-0.2, 0) is 9.53 Å². The summed E-state index contributed by atoms with van der Waals surface area (Å²) in [5.74, 6) is 0.828. The van der Waals surface area contributed by atoms with Gasteiger partial charge in [-0.25, -0.2) is 0 Å². The summed E-state index contributed by atoms with van der Waals surface area (Å²) < 4.78 is 7.51. The van der Waals surface area contributed by atoms with Gasteiger partial charge in [0, 0.05) is 32.3 Å². The first-order valence-electron chi connectivity index (χ1n) is 7.92. The third-order valence-electron chi connectivity index (χ3n) is 4.52. The summed E-state index contributed by atoms with van der Waals surface area (Å²) in [5.41, 5.74) is 5.65. The summed E-state index contributed by atoms with van der Waals surface area (Å²) >= 11 is 0. The van der Waals surface area contributed by atoms with E-state index in [2.05, 4.69) is 5.10 Å². The highest BCUT2D eigenvalue weighted by Crippen LogP contribution is 2.24. The molecule has 2 N–H and O–H groups in total. The van der Waals surface area contributed by atoms with Crippen molar-refractivity contribution in [1.82, 2.24) is 14.7 Å². The minimum Gasteiger partial charge on any atom is -0.382 e. The van der Waals surface area contributed by atoms with Crippen molar-refractivity contribution in [2.45, 2.75) is 50.7 Å². The largest absolute Gasteiger partial charge is 0.382 e. The zero-order chi connectivity index (χ0) is 14.7. The van der Waals surface area contributed by atoms with Crippen LogP contribution in [0.15, 0.2) is 12.3 Å². The van der Waals surface area contributed by atoms with Crippen LogP contribution in [0.4, 0.5) is 5.82 Å². The molecule has 0 saturated carbocycles. The Hall–Kier alpha value is -1.56. The molecule has 2 fully saturated rings.